The van der Waals surface area contributed by atoms with Crippen LogP contribution in [-0.2, 0) is 36.2 Å². The van der Waals surface area contributed by atoms with E-state index in [-0.39, 0.29) is 14.9 Å². The maximum absolute atomic E-state index is 3.06. The molecule has 70 heavy (non-hydrogen) atoms. The minimum absolute atomic E-state index is 0. The molecule has 0 bridgehead atoms. The summed E-state index contributed by atoms with van der Waals surface area (Å²) in [4.78, 5) is 0. The van der Waals surface area contributed by atoms with Gasteiger partial charge in [0.25, 0.3) is 0 Å². The van der Waals surface area contributed by atoms with Crippen LogP contribution < -0.4 is 0 Å². The van der Waals surface area contributed by atoms with E-state index in [9.17, 15) is 0 Å². The zero-order chi connectivity index (χ0) is 47.6. The van der Waals surface area contributed by atoms with Gasteiger partial charge >= 0.3 is 30.2 Å². The van der Waals surface area contributed by atoms with Crippen LogP contribution in [0, 0.1) is 42.5 Å². The second-order valence-corrected chi connectivity index (χ2v) is 18.6. The van der Waals surface area contributed by atoms with Crippen LogP contribution in [0.3, 0.4) is 0 Å². The zero-order valence-corrected chi connectivity index (χ0v) is 46.1. The van der Waals surface area contributed by atoms with Crippen LogP contribution >= 0.6 is 0 Å². The van der Waals surface area contributed by atoms with Crippen molar-refractivity contribution in [2.75, 3.05) is 0 Å². The molecule has 0 aromatic heterocycles. The molecule has 0 nitrogen and oxygen atoms in total. The Morgan fingerprint density at radius 2 is 0.643 bits per heavy atom. The van der Waals surface area contributed by atoms with E-state index in [1.165, 1.54) is 134 Å². The molecule has 0 saturated carbocycles. The van der Waals surface area contributed by atoms with Crippen LogP contribution in [-0.4, -0.2) is 6.88 Å². The quantitative estimate of drug-likeness (QED) is 0.0845. The van der Waals surface area contributed by atoms with Gasteiger partial charge in [0.2, 0.25) is 0 Å². The maximum atomic E-state index is 3.06. The number of rotatable bonds is 12. The molecular formula is C68H68SiZr-4. The summed E-state index contributed by atoms with van der Waals surface area (Å²) in [6.45, 7) is 16.3. The number of hydrogen-bond acceptors (Lipinski definition) is 0. The van der Waals surface area contributed by atoms with Crippen LogP contribution in [0.25, 0.3) is 66.1 Å². The summed E-state index contributed by atoms with van der Waals surface area (Å²) in [7, 11) is 0. The van der Waals surface area contributed by atoms with Gasteiger partial charge < -0.3 is 14.9 Å². The van der Waals surface area contributed by atoms with E-state index < -0.39 is 0 Å². The van der Waals surface area contributed by atoms with E-state index in [1.54, 1.807) is 0 Å². The molecule has 10 rings (SSSR count). The molecule has 0 amide bonds. The fourth-order valence-electron chi connectivity index (χ4n) is 9.91. The van der Waals surface area contributed by atoms with Crippen molar-refractivity contribution < 1.29 is 23.3 Å². The van der Waals surface area contributed by atoms with Gasteiger partial charge in [-0.1, -0.05) is 251 Å². The molecule has 2 radical (unpaired) electrons. The van der Waals surface area contributed by atoms with Crippen molar-refractivity contribution in [1.82, 2.24) is 0 Å². The Labute approximate surface area is 437 Å². The van der Waals surface area contributed by atoms with Crippen molar-refractivity contribution in [2.24, 2.45) is 0 Å². The molecule has 0 aliphatic carbocycles. The first kappa shape index (κ1) is 53.4. The van der Waals surface area contributed by atoms with Crippen molar-refractivity contribution in [3.8, 4) is 44.5 Å². The summed E-state index contributed by atoms with van der Waals surface area (Å²) in [5.74, 6) is 1.07. The molecule has 10 aromatic carbocycles. The number of benzene rings is 8. The summed E-state index contributed by atoms with van der Waals surface area (Å²) in [6, 6.07) is 76.6. The molecule has 2 atom stereocenters. The minimum atomic E-state index is 0. The monoisotopic (exact) mass is 1000 g/mol. The third kappa shape index (κ3) is 12.5. The molecule has 0 heterocycles. The molecule has 2 heteroatoms. The molecule has 0 fully saturated rings. The normalized spacial score (nSPS) is 11.6. The van der Waals surface area contributed by atoms with Crippen molar-refractivity contribution in [3.63, 3.8) is 0 Å². The predicted octanol–water partition coefficient (Wildman–Crippen LogP) is 19.0. The van der Waals surface area contributed by atoms with Gasteiger partial charge in [-0.15, -0.1) is 44.8 Å². The molecule has 0 aliphatic rings. The summed E-state index contributed by atoms with van der Waals surface area (Å²) in [5, 5.41) is 5.43. The topological polar surface area (TPSA) is 0 Å². The Bertz CT molecular complexity index is 2790. The fourth-order valence-corrected chi connectivity index (χ4v) is 9.91. The molecular weight excluding hydrogens is 936 g/mol. The van der Waals surface area contributed by atoms with Gasteiger partial charge in [-0.3, -0.25) is 0 Å². The number of aryl methyl sites for hydroxylation is 4. The Morgan fingerprint density at radius 1 is 0.371 bits per heavy atom. The Hall–Kier alpha value is -5.92. The SMILES string of the molecule is CCC(Cc1cc2c(-c3ccc(C)cc3)ccc(-c3ccc(C)cc3)c2[cH-]1)c1ccccc1.CCC(Cc1cc2c(-c3ccc(C)cc3)ccc(-c3ccc(C)cc3)c2[cH-]1)c1ccccc1.[CH3-].[CH3-].[Si]=[Zr]. The van der Waals surface area contributed by atoms with E-state index in [2.05, 4.69) is 255 Å². The third-order valence-electron chi connectivity index (χ3n) is 13.8. The molecule has 0 N–H and O–H groups in total. The standard InChI is InChI=1S/2C33H31.2CH3.Si.Zr/c2*1-4-26(27-8-6-5-7-9-27)20-25-21-32-30(28-14-10-23(2)11-15-28)18-19-31(33(32)22-25)29-16-12-24(3)13-17-29;;;;/h2*5-19,21-22,26H,4,20H2,1-3H3;2*1H3;;/q4*-1;;. The van der Waals surface area contributed by atoms with E-state index in [0.29, 0.717) is 11.8 Å². The zero-order valence-electron chi connectivity index (χ0n) is 42.6. The summed E-state index contributed by atoms with van der Waals surface area (Å²) in [6.07, 6.45) is 4.41. The van der Waals surface area contributed by atoms with Gasteiger partial charge in [0.05, 0.1) is 0 Å². The first-order chi connectivity index (χ1) is 33.2. The van der Waals surface area contributed by atoms with Crippen LogP contribution in [0.4, 0.5) is 0 Å². The van der Waals surface area contributed by atoms with Crippen LogP contribution in [0.15, 0.2) is 206 Å². The van der Waals surface area contributed by atoms with Gasteiger partial charge in [-0.05, 0) is 87.5 Å². The van der Waals surface area contributed by atoms with Crippen LogP contribution in [0.1, 0.15) is 83.0 Å². The Balaban J connectivity index is 0.000000216. The van der Waals surface area contributed by atoms with Crippen molar-refractivity contribution in [1.29, 1.82) is 0 Å². The van der Waals surface area contributed by atoms with E-state index in [1.807, 2.05) is 0 Å². The predicted molar refractivity (Wildman–Crippen MR) is 305 cm³/mol. The average Bonchev–Trinajstić information content (AvgIpc) is 4.02. The van der Waals surface area contributed by atoms with Gasteiger partial charge in [-0.2, -0.15) is 12.1 Å². The van der Waals surface area contributed by atoms with E-state index >= 15 is 0 Å². The summed E-state index contributed by atoms with van der Waals surface area (Å²) >= 11 is 1.36. The second kappa shape index (κ2) is 25.3. The second-order valence-electron chi connectivity index (χ2n) is 18.6. The molecule has 0 aliphatic heterocycles. The van der Waals surface area contributed by atoms with Gasteiger partial charge in [0, 0.05) is 0 Å². The van der Waals surface area contributed by atoms with Crippen molar-refractivity contribution >= 4 is 28.4 Å². The third-order valence-corrected chi connectivity index (χ3v) is 13.8. The summed E-state index contributed by atoms with van der Waals surface area (Å²) < 4.78 is 0. The Kier molecular flexibility index (Phi) is 19.3. The van der Waals surface area contributed by atoms with Crippen LogP contribution in [0.5, 0.6) is 0 Å². The first-order valence-corrected chi connectivity index (χ1v) is 28.5. The average molecular weight is 1000 g/mol. The number of fused-ring (bicyclic) bond motifs is 2. The summed E-state index contributed by atoms with van der Waals surface area (Å²) in [5.41, 5.74) is 21.3. The fraction of sp³-hybridized carbons (Fsp3) is 0.176. The molecule has 0 spiro atoms. The van der Waals surface area contributed by atoms with Gasteiger partial charge in [0.1, 0.15) is 0 Å². The molecule has 2 unspecified atom stereocenters. The van der Waals surface area contributed by atoms with E-state index in [0.717, 1.165) is 25.7 Å². The first-order valence-electron chi connectivity index (χ1n) is 24.3. The van der Waals surface area contributed by atoms with Crippen LogP contribution in [0.2, 0.25) is 0 Å². The molecule has 352 valence electrons. The van der Waals surface area contributed by atoms with Gasteiger partial charge in [0.15, 0.2) is 0 Å². The Morgan fingerprint density at radius 3 is 0.929 bits per heavy atom. The van der Waals surface area contributed by atoms with Crippen molar-refractivity contribution in [2.45, 2.75) is 79.1 Å². The van der Waals surface area contributed by atoms with Gasteiger partial charge in [-0.25, -0.2) is 0 Å². The molecule has 0 saturated heterocycles. The number of hydrogen-bond donors (Lipinski definition) is 0. The van der Waals surface area contributed by atoms with E-state index in [4.69, 9.17) is 0 Å². The molecule has 10 aromatic rings. The van der Waals surface area contributed by atoms with Crippen molar-refractivity contribution in [3.05, 3.63) is 266 Å².